The van der Waals surface area contributed by atoms with E-state index in [0.29, 0.717) is 0 Å². The van der Waals surface area contributed by atoms with E-state index in [9.17, 15) is 0 Å². The fraction of sp³-hybridized carbons (Fsp3) is 0.647. The average Bonchev–Trinajstić information content (AvgIpc) is 2.82. The predicted octanol–water partition coefficient (Wildman–Crippen LogP) is 4.01. The normalized spacial score (nSPS) is 25.2. The summed E-state index contributed by atoms with van der Waals surface area (Å²) in [5.41, 5.74) is -0.0594. The molecule has 1 unspecified atom stereocenters. The van der Waals surface area contributed by atoms with Crippen molar-refractivity contribution in [3.8, 4) is 0 Å². The van der Waals surface area contributed by atoms with E-state index < -0.39 is 0 Å². The highest BCUT2D eigenvalue weighted by atomic mass is 15.5. The Morgan fingerprint density at radius 1 is 1.10 bits per heavy atom. The summed E-state index contributed by atoms with van der Waals surface area (Å²) in [5.74, 6) is 6.49. The molecule has 0 spiro atoms. The lowest BCUT2D eigenvalue weighted by Crippen LogP contribution is -2.65. The zero-order valence-corrected chi connectivity index (χ0v) is 13.8. The second kappa shape index (κ2) is 6.98. The molecule has 114 valence electrons. The van der Waals surface area contributed by atoms with Crippen molar-refractivity contribution in [3.63, 3.8) is 0 Å². The summed E-state index contributed by atoms with van der Waals surface area (Å²) in [4.78, 5) is 2.39. The van der Waals surface area contributed by atoms with E-state index in [2.05, 4.69) is 44.9 Å². The van der Waals surface area contributed by atoms with Crippen LogP contribution in [-0.4, -0.2) is 22.1 Å². The Kier molecular flexibility index (Phi) is 5.88. The third-order valence-corrected chi connectivity index (χ3v) is 4.92. The van der Waals surface area contributed by atoms with Crippen molar-refractivity contribution in [1.29, 1.82) is 0 Å². The lowest BCUT2D eigenvalue weighted by atomic mass is 9.70. The lowest BCUT2D eigenvalue weighted by Gasteiger charge is -2.54. The van der Waals surface area contributed by atoms with Crippen LogP contribution >= 0.6 is 0 Å². The third-order valence-electron chi connectivity index (χ3n) is 4.92. The first kappa shape index (κ1) is 16.8. The third kappa shape index (κ3) is 2.39. The maximum atomic E-state index is 6.49. The molecule has 3 heteroatoms. The molecule has 0 fully saturated rings. The van der Waals surface area contributed by atoms with Gasteiger partial charge in [0.1, 0.15) is 5.66 Å². The standard InChI is InChI=1S/C17H31N3/c1-6-11-12-14-20(18)17(9-4)16(7-2,8-3)13-15-19(17)10-5/h6,11-15H,7-10,18H2,1-5H3. The van der Waals surface area contributed by atoms with E-state index in [1.165, 1.54) is 0 Å². The number of hydrazine groups is 1. The summed E-state index contributed by atoms with van der Waals surface area (Å²) in [6.07, 6.45) is 15.8. The second-order valence-corrected chi connectivity index (χ2v) is 5.41. The van der Waals surface area contributed by atoms with Crippen LogP contribution in [0.3, 0.4) is 0 Å². The van der Waals surface area contributed by atoms with Gasteiger partial charge in [0.2, 0.25) is 0 Å². The molecule has 1 aliphatic heterocycles. The van der Waals surface area contributed by atoms with Gasteiger partial charge in [-0.3, -0.25) is 5.01 Å². The Balaban J connectivity index is 3.25. The van der Waals surface area contributed by atoms with Crippen molar-refractivity contribution >= 4 is 0 Å². The molecule has 0 saturated heterocycles. The topological polar surface area (TPSA) is 32.5 Å². The molecule has 0 bridgehead atoms. The van der Waals surface area contributed by atoms with Gasteiger partial charge in [0, 0.05) is 18.2 Å². The molecule has 1 rings (SSSR count). The van der Waals surface area contributed by atoms with Gasteiger partial charge >= 0.3 is 0 Å². The Hall–Kier alpha value is -1.22. The van der Waals surface area contributed by atoms with Crippen LogP contribution in [0.1, 0.15) is 53.9 Å². The zero-order chi connectivity index (χ0) is 15.2. The first-order valence-corrected chi connectivity index (χ1v) is 7.88. The first-order chi connectivity index (χ1) is 9.58. The SMILES string of the molecule is CC=CC=CN(N)C1(CC)N(CC)C=CC1(CC)CC. The van der Waals surface area contributed by atoms with Crippen molar-refractivity contribution in [2.45, 2.75) is 59.5 Å². The number of hydrogen-bond acceptors (Lipinski definition) is 3. The van der Waals surface area contributed by atoms with Crippen molar-refractivity contribution in [3.05, 3.63) is 36.7 Å². The largest absolute Gasteiger partial charge is 0.354 e. The maximum absolute atomic E-state index is 6.49. The minimum absolute atomic E-state index is 0.104. The zero-order valence-electron chi connectivity index (χ0n) is 13.8. The highest BCUT2D eigenvalue weighted by Gasteiger charge is 2.55. The van der Waals surface area contributed by atoms with Gasteiger partial charge in [0.15, 0.2) is 0 Å². The Morgan fingerprint density at radius 2 is 1.75 bits per heavy atom. The van der Waals surface area contributed by atoms with Crippen LogP contribution in [0.5, 0.6) is 0 Å². The van der Waals surface area contributed by atoms with Crippen LogP contribution in [0.25, 0.3) is 0 Å². The summed E-state index contributed by atoms with van der Waals surface area (Å²) in [6, 6.07) is 0. The van der Waals surface area contributed by atoms with Crippen LogP contribution in [0.15, 0.2) is 36.7 Å². The molecule has 0 aromatic heterocycles. The molecule has 0 aromatic carbocycles. The van der Waals surface area contributed by atoms with Gasteiger partial charge < -0.3 is 4.90 Å². The first-order valence-electron chi connectivity index (χ1n) is 7.88. The van der Waals surface area contributed by atoms with Gasteiger partial charge in [-0.25, -0.2) is 5.84 Å². The average molecular weight is 277 g/mol. The molecule has 1 heterocycles. The van der Waals surface area contributed by atoms with E-state index in [1.54, 1.807) is 0 Å². The van der Waals surface area contributed by atoms with Crippen molar-refractivity contribution < 1.29 is 0 Å². The smallest absolute Gasteiger partial charge is 0.135 e. The number of rotatable bonds is 7. The van der Waals surface area contributed by atoms with E-state index >= 15 is 0 Å². The molecule has 0 amide bonds. The molecule has 0 radical (unpaired) electrons. The number of hydrogen-bond donors (Lipinski definition) is 1. The van der Waals surface area contributed by atoms with Crippen LogP contribution < -0.4 is 5.84 Å². The van der Waals surface area contributed by atoms with Crippen molar-refractivity contribution in [2.24, 2.45) is 11.3 Å². The van der Waals surface area contributed by atoms with Crippen molar-refractivity contribution in [1.82, 2.24) is 9.91 Å². The summed E-state index contributed by atoms with van der Waals surface area (Å²) >= 11 is 0. The Labute approximate surface area is 124 Å². The highest BCUT2D eigenvalue weighted by molar-refractivity contribution is 5.21. The highest BCUT2D eigenvalue weighted by Crippen LogP contribution is 2.51. The monoisotopic (exact) mass is 277 g/mol. The van der Waals surface area contributed by atoms with Crippen molar-refractivity contribution in [2.75, 3.05) is 6.54 Å². The fourth-order valence-corrected chi connectivity index (χ4v) is 3.71. The number of allylic oxidation sites excluding steroid dienone is 3. The quantitative estimate of drug-likeness (QED) is 0.433. The summed E-state index contributed by atoms with van der Waals surface area (Å²) in [7, 11) is 0. The van der Waals surface area contributed by atoms with Gasteiger partial charge in [-0.05, 0) is 45.4 Å². The van der Waals surface area contributed by atoms with Gasteiger partial charge in [0.25, 0.3) is 0 Å². The van der Waals surface area contributed by atoms with Gasteiger partial charge in [0.05, 0.1) is 0 Å². The minimum atomic E-state index is -0.163. The Bertz CT molecular complexity index is 380. The van der Waals surface area contributed by atoms with Gasteiger partial charge in [-0.15, -0.1) is 0 Å². The molecule has 0 aromatic rings. The Morgan fingerprint density at radius 3 is 2.20 bits per heavy atom. The van der Waals surface area contributed by atoms with Crippen LogP contribution in [0, 0.1) is 5.41 Å². The number of nitrogens with zero attached hydrogens (tertiary/aromatic N) is 2. The summed E-state index contributed by atoms with van der Waals surface area (Å²) in [6.45, 7) is 11.9. The molecule has 1 aliphatic rings. The summed E-state index contributed by atoms with van der Waals surface area (Å²) < 4.78 is 0. The predicted molar refractivity (Wildman–Crippen MR) is 87.5 cm³/mol. The summed E-state index contributed by atoms with van der Waals surface area (Å²) in [5, 5.41) is 1.92. The van der Waals surface area contributed by atoms with Gasteiger partial charge in [-0.1, -0.05) is 39.0 Å². The van der Waals surface area contributed by atoms with Gasteiger partial charge in [-0.2, -0.15) is 0 Å². The molecule has 0 aliphatic carbocycles. The number of nitrogens with two attached hydrogens (primary N) is 1. The molecular weight excluding hydrogens is 246 g/mol. The fourth-order valence-electron chi connectivity index (χ4n) is 3.71. The van der Waals surface area contributed by atoms with Crippen LogP contribution in [0.2, 0.25) is 0 Å². The van der Waals surface area contributed by atoms with Crippen LogP contribution in [-0.2, 0) is 0 Å². The molecule has 20 heavy (non-hydrogen) atoms. The molecule has 1 atom stereocenters. The molecule has 2 N–H and O–H groups in total. The minimum Gasteiger partial charge on any atom is -0.354 e. The maximum Gasteiger partial charge on any atom is 0.135 e. The van der Waals surface area contributed by atoms with E-state index in [4.69, 9.17) is 5.84 Å². The lowest BCUT2D eigenvalue weighted by molar-refractivity contribution is -0.0758. The van der Waals surface area contributed by atoms with Crippen LogP contribution in [0.4, 0.5) is 0 Å². The molecule has 3 nitrogen and oxygen atoms in total. The second-order valence-electron chi connectivity index (χ2n) is 5.41. The molecule has 0 saturated carbocycles. The van der Waals surface area contributed by atoms with E-state index in [1.807, 2.05) is 36.4 Å². The molecular formula is C17H31N3. The van der Waals surface area contributed by atoms with E-state index in [-0.39, 0.29) is 11.1 Å². The van der Waals surface area contributed by atoms with E-state index in [0.717, 1.165) is 25.8 Å².